The fourth-order valence-corrected chi connectivity index (χ4v) is 8.45. The fraction of sp³-hybridized carbons (Fsp3) is 0.350. The number of carbonyl (C=O) groups excluding carboxylic acids is 4. The monoisotopic (exact) mass is 692 g/mol. The molecule has 51 heavy (non-hydrogen) atoms. The largest absolute Gasteiger partial charge is 0.508 e. The van der Waals surface area contributed by atoms with E-state index in [0.717, 1.165) is 16.7 Å². The molecule has 0 aromatic heterocycles. The number of amides is 4. The highest BCUT2D eigenvalue weighted by molar-refractivity contribution is 6.07. The Kier molecular flexibility index (Phi) is 9.05. The molecule has 3 aromatic rings. The van der Waals surface area contributed by atoms with E-state index in [1.807, 2.05) is 18.2 Å². The number of phenolic OH excluding ortho intramolecular Hbond substituents is 3. The molecule has 4 amide bonds. The maximum absolute atomic E-state index is 14.2. The molecular weight excluding hydrogens is 652 g/mol. The Labute approximate surface area is 295 Å². The second-order valence-electron chi connectivity index (χ2n) is 13.7. The number of likely N-dealkylation sites (tertiary alicyclic amines) is 2. The number of imide groups is 2. The van der Waals surface area contributed by atoms with Crippen LogP contribution in [-0.4, -0.2) is 76.1 Å². The third-order valence-electron chi connectivity index (χ3n) is 11.0. The van der Waals surface area contributed by atoms with E-state index >= 15 is 0 Å². The molecule has 2 saturated heterocycles. The number of methoxy groups -OCH3 is 2. The molecule has 0 radical (unpaired) electrons. The minimum absolute atomic E-state index is 0.129. The van der Waals surface area contributed by atoms with Crippen molar-refractivity contribution in [2.45, 2.75) is 25.7 Å². The molecule has 4 aliphatic rings. The summed E-state index contributed by atoms with van der Waals surface area (Å²) in [7, 11) is 2.87. The molecule has 2 heterocycles. The third kappa shape index (κ3) is 6.11. The predicted molar refractivity (Wildman–Crippen MR) is 186 cm³/mol. The second kappa shape index (κ2) is 13.6. The number of hydrogen-bond acceptors (Lipinski definition) is 9. The Hall–Kier alpha value is -5.58. The number of allylic oxidation sites excluding steroid dienone is 3. The summed E-state index contributed by atoms with van der Waals surface area (Å²) < 4.78 is 10.7. The Morgan fingerprint density at radius 2 is 1.20 bits per heavy atom. The molecule has 3 fully saturated rings. The van der Waals surface area contributed by atoms with Crippen molar-refractivity contribution in [1.82, 2.24) is 9.80 Å². The molecule has 11 heteroatoms. The molecular formula is C40H40N2O9. The lowest BCUT2D eigenvalue weighted by Crippen LogP contribution is -2.43. The molecule has 1 saturated carbocycles. The summed E-state index contributed by atoms with van der Waals surface area (Å²) in [4.78, 5) is 58.8. The molecule has 6 atom stereocenters. The van der Waals surface area contributed by atoms with Crippen molar-refractivity contribution in [3.05, 3.63) is 95.1 Å². The second-order valence-corrected chi connectivity index (χ2v) is 13.7. The number of carbonyl (C=O) groups is 4. The summed E-state index contributed by atoms with van der Waals surface area (Å²) in [5.41, 5.74) is 3.28. The topological polar surface area (TPSA) is 154 Å². The van der Waals surface area contributed by atoms with Crippen molar-refractivity contribution < 1.29 is 44.0 Å². The van der Waals surface area contributed by atoms with Gasteiger partial charge in [-0.3, -0.25) is 29.0 Å². The van der Waals surface area contributed by atoms with Crippen LogP contribution in [0.2, 0.25) is 0 Å². The van der Waals surface area contributed by atoms with E-state index in [1.54, 1.807) is 60.7 Å². The van der Waals surface area contributed by atoms with Crippen molar-refractivity contribution in [3.8, 4) is 28.7 Å². The Balaban J connectivity index is 1.20. The van der Waals surface area contributed by atoms with Crippen LogP contribution in [0, 0.1) is 35.5 Å². The molecule has 0 bridgehead atoms. The summed E-state index contributed by atoms with van der Waals surface area (Å²) >= 11 is 0. The van der Waals surface area contributed by atoms with E-state index in [1.165, 1.54) is 24.0 Å². The van der Waals surface area contributed by atoms with Gasteiger partial charge in [0.05, 0.1) is 37.9 Å². The van der Waals surface area contributed by atoms with Crippen molar-refractivity contribution in [2.24, 2.45) is 35.5 Å². The van der Waals surface area contributed by atoms with Gasteiger partial charge in [0.25, 0.3) is 0 Å². The summed E-state index contributed by atoms with van der Waals surface area (Å²) in [6, 6.07) is 16.6. The zero-order chi connectivity index (χ0) is 36.0. The number of fused-ring (bicyclic) bond motifs is 4. The number of aromatic hydroxyl groups is 3. The highest BCUT2D eigenvalue weighted by atomic mass is 16.5. The smallest absolute Gasteiger partial charge is 0.234 e. The summed E-state index contributed by atoms with van der Waals surface area (Å²) in [6.45, 7) is 0.385. The van der Waals surface area contributed by atoms with Gasteiger partial charge < -0.3 is 24.8 Å². The van der Waals surface area contributed by atoms with Gasteiger partial charge in [0.15, 0.2) is 11.5 Å². The fourth-order valence-electron chi connectivity index (χ4n) is 8.45. The van der Waals surface area contributed by atoms with Crippen molar-refractivity contribution >= 4 is 29.7 Å². The third-order valence-corrected chi connectivity index (χ3v) is 11.0. The number of rotatable bonds is 10. The Morgan fingerprint density at radius 1 is 0.686 bits per heavy atom. The maximum Gasteiger partial charge on any atom is 0.234 e. The summed E-state index contributed by atoms with van der Waals surface area (Å²) in [6.07, 6.45) is 7.20. The molecule has 11 nitrogen and oxygen atoms in total. The van der Waals surface area contributed by atoms with Crippen LogP contribution < -0.4 is 9.47 Å². The van der Waals surface area contributed by atoms with Crippen LogP contribution in [-0.2, 0) is 32.0 Å². The van der Waals surface area contributed by atoms with E-state index in [4.69, 9.17) is 9.47 Å². The lowest BCUT2D eigenvalue weighted by Gasteiger charge is -2.42. The minimum atomic E-state index is -0.689. The highest BCUT2D eigenvalue weighted by Gasteiger charge is 2.61. The van der Waals surface area contributed by atoms with Crippen LogP contribution in [0.1, 0.15) is 29.5 Å². The predicted octanol–water partition coefficient (Wildman–Crippen LogP) is 4.49. The van der Waals surface area contributed by atoms with Crippen LogP contribution in [0.4, 0.5) is 0 Å². The number of benzene rings is 3. The van der Waals surface area contributed by atoms with Crippen LogP contribution in [0.15, 0.2) is 78.4 Å². The number of hydrogen-bond donors (Lipinski definition) is 3. The van der Waals surface area contributed by atoms with Gasteiger partial charge in [0.1, 0.15) is 11.5 Å². The van der Waals surface area contributed by atoms with Gasteiger partial charge in [-0.2, -0.15) is 0 Å². The van der Waals surface area contributed by atoms with Gasteiger partial charge in [0, 0.05) is 19.0 Å². The van der Waals surface area contributed by atoms with E-state index in [0.29, 0.717) is 24.8 Å². The number of ether oxygens (including phenoxy) is 2. The number of nitrogens with zero attached hydrogens (tertiary/aromatic N) is 2. The Morgan fingerprint density at radius 3 is 1.73 bits per heavy atom. The zero-order valence-electron chi connectivity index (χ0n) is 28.4. The molecule has 3 N–H and O–H groups in total. The first-order valence-corrected chi connectivity index (χ1v) is 17.2. The molecule has 0 unspecified atom stereocenters. The average Bonchev–Trinajstić information content (AvgIpc) is 3.52. The van der Waals surface area contributed by atoms with Crippen LogP contribution in [0.3, 0.4) is 0 Å². The average molecular weight is 693 g/mol. The Bertz CT molecular complexity index is 1910. The van der Waals surface area contributed by atoms with Crippen LogP contribution in [0.25, 0.3) is 6.08 Å². The lowest BCUT2D eigenvalue weighted by atomic mass is 9.58. The van der Waals surface area contributed by atoms with Crippen molar-refractivity contribution in [2.75, 3.05) is 27.3 Å². The van der Waals surface area contributed by atoms with Gasteiger partial charge >= 0.3 is 0 Å². The van der Waals surface area contributed by atoms with Gasteiger partial charge in [-0.1, -0.05) is 48.1 Å². The molecule has 2 aliphatic carbocycles. The normalized spacial score (nSPS) is 25.6. The van der Waals surface area contributed by atoms with Crippen molar-refractivity contribution in [3.63, 3.8) is 0 Å². The first-order chi connectivity index (χ1) is 24.6. The standard InChI is InChI=1S/C40H40N2O9/c1-50-32-19-24(20-33(51-2)36(32)45)7-12-28-27-13-14-29-35(40(49)41(37(29)46)17-15-22-3-8-25(43)9-4-22)30(27)21-31-34(28)39(48)42(38(31)47)18-16-23-5-10-26(44)11-6-23/h3-13,19-20,28-31,34-35,43-45H,14-18,21H2,1-2H3/t28-,29-,30+,31+,34-,35-/m0/s1. The van der Waals surface area contributed by atoms with Crippen LogP contribution in [0.5, 0.6) is 28.7 Å². The van der Waals surface area contributed by atoms with Gasteiger partial charge in [-0.25, -0.2) is 0 Å². The number of phenols is 3. The molecule has 0 spiro atoms. The maximum atomic E-state index is 14.2. The highest BCUT2D eigenvalue weighted by Crippen LogP contribution is 2.55. The summed E-state index contributed by atoms with van der Waals surface area (Å²) in [5, 5.41) is 29.8. The van der Waals surface area contributed by atoms with E-state index in [-0.39, 0.29) is 71.9 Å². The first-order valence-electron chi connectivity index (χ1n) is 17.2. The molecule has 264 valence electrons. The van der Waals surface area contributed by atoms with E-state index < -0.39 is 35.5 Å². The zero-order valence-corrected chi connectivity index (χ0v) is 28.4. The van der Waals surface area contributed by atoms with Gasteiger partial charge in [-0.15, -0.1) is 0 Å². The summed E-state index contributed by atoms with van der Waals surface area (Å²) in [5.74, 6) is -3.97. The molecule has 2 aliphatic heterocycles. The van der Waals surface area contributed by atoms with Gasteiger partial charge in [0.2, 0.25) is 29.4 Å². The van der Waals surface area contributed by atoms with E-state index in [2.05, 4.69) is 0 Å². The lowest BCUT2D eigenvalue weighted by molar-refractivity contribution is -0.142. The SMILES string of the molecule is COc1cc(C=C[C@H]2C3=CC[C@@H]4C(=O)N(CCc5ccc(O)cc5)C(=O)[C@@H]4[C@@H]3C[C@H]3C(=O)N(CCc4ccc(O)cc4)C(=O)[C@@H]23)cc(OC)c1O. The molecule has 7 rings (SSSR count). The van der Waals surface area contributed by atoms with Gasteiger partial charge in [-0.05, 0) is 84.7 Å². The minimum Gasteiger partial charge on any atom is -0.508 e. The quantitative estimate of drug-likeness (QED) is 0.206. The van der Waals surface area contributed by atoms with E-state index in [9.17, 15) is 34.5 Å². The van der Waals surface area contributed by atoms with Crippen LogP contribution >= 0.6 is 0 Å². The molecule has 3 aromatic carbocycles. The first kappa shape index (κ1) is 33.9. The van der Waals surface area contributed by atoms with Crippen molar-refractivity contribution in [1.29, 1.82) is 0 Å².